The normalized spacial score (nSPS) is 14.6. The van der Waals surface area contributed by atoms with Crippen LogP contribution < -0.4 is 20.1 Å². The minimum absolute atomic E-state index is 0. The van der Waals surface area contributed by atoms with Crippen LogP contribution in [0.3, 0.4) is 0 Å². The van der Waals surface area contributed by atoms with Gasteiger partial charge in [0.15, 0.2) is 5.96 Å². The lowest BCUT2D eigenvalue weighted by Gasteiger charge is -2.32. The number of likely N-dealkylation sites (tertiary alicyclic amines) is 1. The molecule has 1 aliphatic rings. The number of carbonyl (C=O) groups excluding carboxylic acids is 1. The molecule has 1 aromatic carbocycles. The summed E-state index contributed by atoms with van der Waals surface area (Å²) in [6, 6.07) is 5.98. The number of rotatable bonds is 7. The number of nitrogens with one attached hydrogen (secondary N) is 2. The summed E-state index contributed by atoms with van der Waals surface area (Å²) >= 11 is 0. The van der Waals surface area contributed by atoms with E-state index in [1.165, 1.54) is 0 Å². The summed E-state index contributed by atoms with van der Waals surface area (Å²) in [5.74, 6) is 2.26. The van der Waals surface area contributed by atoms with Crippen LogP contribution in [0.5, 0.6) is 11.5 Å². The second kappa shape index (κ2) is 13.3. The van der Waals surface area contributed by atoms with Gasteiger partial charge in [-0.25, -0.2) is 9.79 Å². The fourth-order valence-corrected chi connectivity index (χ4v) is 3.08. The molecule has 0 bridgehead atoms. The highest BCUT2D eigenvalue weighted by atomic mass is 127. The second-order valence-electron chi connectivity index (χ2n) is 6.48. The zero-order valence-corrected chi connectivity index (χ0v) is 20.0. The molecule has 8 nitrogen and oxygen atoms in total. The Morgan fingerprint density at radius 2 is 1.93 bits per heavy atom. The number of piperidine rings is 1. The molecule has 0 aromatic heterocycles. The third-order valence-corrected chi connectivity index (χ3v) is 4.61. The second-order valence-corrected chi connectivity index (χ2v) is 6.48. The van der Waals surface area contributed by atoms with E-state index in [2.05, 4.69) is 10.6 Å². The average molecular weight is 520 g/mol. The number of benzene rings is 1. The van der Waals surface area contributed by atoms with E-state index in [1.807, 2.05) is 32.0 Å². The zero-order valence-electron chi connectivity index (χ0n) is 17.7. The number of halogens is 1. The molecule has 1 amide bonds. The van der Waals surface area contributed by atoms with Gasteiger partial charge in [0, 0.05) is 37.3 Å². The van der Waals surface area contributed by atoms with Crippen molar-refractivity contribution in [2.45, 2.75) is 39.3 Å². The van der Waals surface area contributed by atoms with Crippen molar-refractivity contribution in [3.63, 3.8) is 0 Å². The van der Waals surface area contributed by atoms with Crippen molar-refractivity contribution in [1.82, 2.24) is 15.5 Å². The highest BCUT2D eigenvalue weighted by molar-refractivity contribution is 14.0. The number of methoxy groups -OCH3 is 2. The van der Waals surface area contributed by atoms with Crippen LogP contribution in [0.1, 0.15) is 32.3 Å². The molecular formula is C20H33IN4O4. The van der Waals surface area contributed by atoms with Crippen molar-refractivity contribution in [2.75, 3.05) is 40.5 Å². The number of nitrogens with zero attached hydrogens (tertiary/aromatic N) is 2. The van der Waals surface area contributed by atoms with Crippen LogP contribution in [0.25, 0.3) is 0 Å². The summed E-state index contributed by atoms with van der Waals surface area (Å²) in [6.07, 6.45) is 1.48. The van der Waals surface area contributed by atoms with E-state index in [0.29, 0.717) is 26.2 Å². The van der Waals surface area contributed by atoms with E-state index >= 15 is 0 Å². The lowest BCUT2D eigenvalue weighted by Crippen LogP contribution is -2.49. The fourth-order valence-electron chi connectivity index (χ4n) is 3.08. The first-order valence-electron chi connectivity index (χ1n) is 9.78. The molecule has 0 radical (unpaired) electrons. The maximum atomic E-state index is 11.8. The SMILES string of the molecule is CCNC(=NCc1ccc(OC)cc1OC)NC1CCN(C(=O)OCC)CC1.I. The van der Waals surface area contributed by atoms with Crippen molar-refractivity contribution in [1.29, 1.82) is 0 Å². The van der Waals surface area contributed by atoms with Gasteiger partial charge in [-0.05, 0) is 38.8 Å². The molecule has 1 aliphatic heterocycles. The van der Waals surface area contributed by atoms with Crippen LogP contribution >= 0.6 is 24.0 Å². The molecule has 9 heteroatoms. The number of hydrogen-bond acceptors (Lipinski definition) is 5. The van der Waals surface area contributed by atoms with E-state index in [0.717, 1.165) is 42.4 Å². The van der Waals surface area contributed by atoms with E-state index < -0.39 is 0 Å². The smallest absolute Gasteiger partial charge is 0.409 e. The first-order valence-corrected chi connectivity index (χ1v) is 9.78. The molecule has 0 saturated carbocycles. The van der Waals surface area contributed by atoms with E-state index in [1.54, 1.807) is 19.1 Å². The molecule has 1 saturated heterocycles. The molecule has 0 unspecified atom stereocenters. The Balaban J connectivity index is 0.00000420. The topological polar surface area (TPSA) is 84.4 Å². The number of guanidine groups is 1. The Labute approximate surface area is 190 Å². The first-order chi connectivity index (χ1) is 13.6. The molecule has 0 atom stereocenters. The van der Waals surface area contributed by atoms with Gasteiger partial charge in [-0.2, -0.15) is 0 Å². The van der Waals surface area contributed by atoms with Gasteiger partial charge < -0.3 is 29.7 Å². The average Bonchev–Trinajstić information content (AvgIpc) is 2.72. The summed E-state index contributed by atoms with van der Waals surface area (Å²) < 4.78 is 15.8. The third-order valence-electron chi connectivity index (χ3n) is 4.61. The van der Waals surface area contributed by atoms with Crippen LogP contribution in [0.15, 0.2) is 23.2 Å². The zero-order chi connectivity index (χ0) is 20.4. The van der Waals surface area contributed by atoms with Crippen LogP contribution in [0.4, 0.5) is 4.79 Å². The Kier molecular flexibility index (Phi) is 11.6. The van der Waals surface area contributed by atoms with Crippen LogP contribution in [0, 0.1) is 0 Å². The largest absolute Gasteiger partial charge is 0.497 e. The van der Waals surface area contributed by atoms with Gasteiger partial charge in [0.2, 0.25) is 0 Å². The van der Waals surface area contributed by atoms with Gasteiger partial charge in [0.05, 0.1) is 27.4 Å². The summed E-state index contributed by atoms with van der Waals surface area (Å²) in [5.41, 5.74) is 0.984. The molecule has 1 aromatic rings. The highest BCUT2D eigenvalue weighted by Crippen LogP contribution is 2.25. The number of carbonyl (C=O) groups is 1. The number of hydrogen-bond donors (Lipinski definition) is 2. The Morgan fingerprint density at radius 1 is 1.21 bits per heavy atom. The lowest BCUT2D eigenvalue weighted by molar-refractivity contribution is 0.0963. The standard InChI is InChI=1S/C20H32N4O4.HI/c1-5-21-19(22-14-15-7-8-17(26-3)13-18(15)27-4)23-16-9-11-24(12-10-16)20(25)28-6-2;/h7-8,13,16H,5-6,9-12,14H2,1-4H3,(H2,21,22,23);1H. The minimum Gasteiger partial charge on any atom is -0.497 e. The van der Waals surface area contributed by atoms with E-state index in [9.17, 15) is 4.79 Å². The Bertz CT molecular complexity index is 664. The number of amides is 1. The lowest BCUT2D eigenvalue weighted by atomic mass is 10.1. The summed E-state index contributed by atoms with van der Waals surface area (Å²) in [4.78, 5) is 18.3. The maximum Gasteiger partial charge on any atom is 0.409 e. The highest BCUT2D eigenvalue weighted by Gasteiger charge is 2.24. The van der Waals surface area contributed by atoms with Gasteiger partial charge in [-0.1, -0.05) is 0 Å². The predicted octanol–water partition coefficient (Wildman–Crippen LogP) is 3.00. The van der Waals surface area contributed by atoms with E-state index in [4.69, 9.17) is 19.2 Å². The summed E-state index contributed by atoms with van der Waals surface area (Å²) in [5, 5.41) is 6.76. The Morgan fingerprint density at radius 3 is 2.52 bits per heavy atom. The van der Waals surface area contributed by atoms with Crippen LogP contribution in [-0.4, -0.2) is 63.5 Å². The number of aliphatic imine (C=N–C) groups is 1. The first kappa shape index (κ1) is 25.1. The van der Waals surface area contributed by atoms with Crippen LogP contribution in [-0.2, 0) is 11.3 Å². The summed E-state index contributed by atoms with van der Waals surface area (Å²) in [7, 11) is 3.27. The van der Waals surface area contributed by atoms with Gasteiger partial charge in [-0.3, -0.25) is 0 Å². The van der Waals surface area contributed by atoms with Crippen molar-refractivity contribution >= 4 is 36.0 Å². The predicted molar refractivity (Wildman–Crippen MR) is 125 cm³/mol. The van der Waals surface area contributed by atoms with Crippen molar-refractivity contribution in [3.8, 4) is 11.5 Å². The summed E-state index contributed by atoms with van der Waals surface area (Å²) in [6.45, 7) is 6.89. The van der Waals surface area contributed by atoms with Gasteiger partial charge in [0.25, 0.3) is 0 Å². The molecule has 1 fully saturated rings. The minimum atomic E-state index is -0.229. The molecule has 164 valence electrons. The molecular weight excluding hydrogens is 487 g/mol. The molecule has 2 N–H and O–H groups in total. The van der Waals surface area contributed by atoms with E-state index in [-0.39, 0.29) is 36.1 Å². The van der Waals surface area contributed by atoms with Gasteiger partial charge in [0.1, 0.15) is 11.5 Å². The number of ether oxygens (including phenoxy) is 3. The maximum absolute atomic E-state index is 11.8. The van der Waals surface area contributed by atoms with Crippen molar-refractivity contribution < 1.29 is 19.0 Å². The van der Waals surface area contributed by atoms with Crippen molar-refractivity contribution in [2.24, 2.45) is 4.99 Å². The molecule has 1 heterocycles. The van der Waals surface area contributed by atoms with Crippen LogP contribution in [0.2, 0.25) is 0 Å². The van der Waals surface area contributed by atoms with Gasteiger partial charge in [-0.15, -0.1) is 24.0 Å². The molecule has 0 aliphatic carbocycles. The third kappa shape index (κ3) is 7.79. The molecule has 0 spiro atoms. The van der Waals surface area contributed by atoms with Crippen molar-refractivity contribution in [3.05, 3.63) is 23.8 Å². The monoisotopic (exact) mass is 520 g/mol. The fraction of sp³-hybridized carbons (Fsp3) is 0.600. The molecule has 29 heavy (non-hydrogen) atoms. The van der Waals surface area contributed by atoms with Gasteiger partial charge >= 0.3 is 6.09 Å². The molecule has 2 rings (SSSR count). The quantitative estimate of drug-likeness (QED) is 0.327. The Hall–Kier alpha value is -1.91.